The molecular weight excluding hydrogens is 298 g/mol. The number of fused-ring (bicyclic) bond motifs is 1. The van der Waals surface area contributed by atoms with Gasteiger partial charge in [0.1, 0.15) is 0 Å². The number of nitrogens with zero attached hydrogens (tertiary/aromatic N) is 1. The van der Waals surface area contributed by atoms with Crippen molar-refractivity contribution in [3.8, 4) is 0 Å². The molecule has 0 bridgehead atoms. The molecule has 2 aromatic carbocycles. The number of halogens is 1. The van der Waals surface area contributed by atoms with Gasteiger partial charge in [-0.05, 0) is 37.0 Å². The number of hydrogen-bond donors (Lipinski definition) is 0. The highest BCUT2D eigenvalue weighted by Crippen LogP contribution is 2.25. The summed E-state index contributed by atoms with van der Waals surface area (Å²) in [5.41, 5.74) is 3.75. The highest BCUT2D eigenvalue weighted by atomic mass is 35.5. The van der Waals surface area contributed by atoms with Crippen LogP contribution < -0.4 is 0 Å². The highest BCUT2D eigenvalue weighted by molar-refractivity contribution is 7.18. The SMILES string of the molecule is Cc1ccc(CC(CCl)Cc2nc3ccccc3s2)cc1. The first kappa shape index (κ1) is 14.6. The quantitative estimate of drug-likeness (QED) is 0.586. The van der Waals surface area contributed by atoms with Gasteiger partial charge in [-0.2, -0.15) is 0 Å². The third-order valence-electron chi connectivity index (χ3n) is 3.66. The van der Waals surface area contributed by atoms with E-state index in [1.165, 1.54) is 20.8 Å². The van der Waals surface area contributed by atoms with E-state index >= 15 is 0 Å². The van der Waals surface area contributed by atoms with Crippen molar-refractivity contribution in [3.05, 3.63) is 64.7 Å². The molecule has 1 nitrogen and oxygen atoms in total. The van der Waals surface area contributed by atoms with E-state index in [1.54, 1.807) is 11.3 Å². The topological polar surface area (TPSA) is 12.9 Å². The summed E-state index contributed by atoms with van der Waals surface area (Å²) in [6, 6.07) is 17.0. The molecule has 0 amide bonds. The maximum absolute atomic E-state index is 6.17. The van der Waals surface area contributed by atoms with Crippen LogP contribution in [0, 0.1) is 12.8 Å². The first-order chi connectivity index (χ1) is 10.2. The van der Waals surface area contributed by atoms with Crippen molar-refractivity contribution >= 4 is 33.2 Å². The molecule has 1 atom stereocenters. The molecule has 0 radical (unpaired) electrons. The van der Waals surface area contributed by atoms with Crippen LogP contribution in [0.1, 0.15) is 16.1 Å². The Morgan fingerprint density at radius 3 is 2.52 bits per heavy atom. The predicted molar refractivity (Wildman–Crippen MR) is 92.4 cm³/mol. The number of benzene rings is 2. The van der Waals surface area contributed by atoms with Crippen LogP contribution in [-0.2, 0) is 12.8 Å². The number of thiazole rings is 1. The van der Waals surface area contributed by atoms with Crippen molar-refractivity contribution in [1.82, 2.24) is 4.98 Å². The van der Waals surface area contributed by atoms with Crippen LogP contribution in [0.25, 0.3) is 10.2 Å². The maximum atomic E-state index is 6.17. The molecule has 0 spiro atoms. The summed E-state index contributed by atoms with van der Waals surface area (Å²) < 4.78 is 1.26. The molecule has 3 rings (SSSR count). The summed E-state index contributed by atoms with van der Waals surface area (Å²) in [7, 11) is 0. The van der Waals surface area contributed by atoms with Crippen LogP contribution in [0.5, 0.6) is 0 Å². The molecule has 3 aromatic rings. The fraction of sp³-hybridized carbons (Fsp3) is 0.278. The van der Waals surface area contributed by atoms with Crippen LogP contribution in [-0.4, -0.2) is 10.9 Å². The van der Waals surface area contributed by atoms with E-state index in [9.17, 15) is 0 Å². The smallest absolute Gasteiger partial charge is 0.0941 e. The number of para-hydroxylation sites is 1. The third-order valence-corrected chi connectivity index (χ3v) is 5.16. The van der Waals surface area contributed by atoms with Gasteiger partial charge in [-0.1, -0.05) is 42.0 Å². The lowest BCUT2D eigenvalue weighted by Crippen LogP contribution is -2.10. The zero-order valence-corrected chi connectivity index (χ0v) is 13.6. The van der Waals surface area contributed by atoms with E-state index in [4.69, 9.17) is 16.6 Å². The summed E-state index contributed by atoms with van der Waals surface area (Å²) in [5, 5.41) is 1.19. The van der Waals surface area contributed by atoms with Crippen molar-refractivity contribution in [2.75, 3.05) is 5.88 Å². The van der Waals surface area contributed by atoms with Crippen LogP contribution in [0.2, 0.25) is 0 Å². The Kier molecular flexibility index (Phi) is 4.57. The third kappa shape index (κ3) is 3.63. The molecule has 0 aliphatic rings. The van der Waals surface area contributed by atoms with Gasteiger partial charge in [-0.25, -0.2) is 4.98 Å². The van der Waals surface area contributed by atoms with Gasteiger partial charge in [0, 0.05) is 12.3 Å². The van der Waals surface area contributed by atoms with Crippen LogP contribution in [0.4, 0.5) is 0 Å². The normalized spacial score (nSPS) is 12.7. The van der Waals surface area contributed by atoms with Gasteiger partial charge in [0.05, 0.1) is 15.2 Å². The average molecular weight is 316 g/mol. The maximum Gasteiger partial charge on any atom is 0.0941 e. The second kappa shape index (κ2) is 6.59. The van der Waals surface area contributed by atoms with Crippen LogP contribution in [0.15, 0.2) is 48.5 Å². The zero-order chi connectivity index (χ0) is 14.7. The molecule has 0 aliphatic carbocycles. The first-order valence-corrected chi connectivity index (χ1v) is 8.55. The number of hydrogen-bond acceptors (Lipinski definition) is 2. The van der Waals surface area contributed by atoms with Gasteiger partial charge in [-0.15, -0.1) is 22.9 Å². The Morgan fingerprint density at radius 1 is 1.05 bits per heavy atom. The van der Waals surface area contributed by atoms with Gasteiger partial charge >= 0.3 is 0 Å². The van der Waals surface area contributed by atoms with E-state index in [0.29, 0.717) is 11.8 Å². The highest BCUT2D eigenvalue weighted by Gasteiger charge is 2.13. The molecule has 0 saturated carbocycles. The average Bonchev–Trinajstić information content (AvgIpc) is 2.91. The van der Waals surface area contributed by atoms with E-state index < -0.39 is 0 Å². The Morgan fingerprint density at radius 2 is 1.81 bits per heavy atom. The van der Waals surface area contributed by atoms with Gasteiger partial charge in [0.15, 0.2) is 0 Å². The fourth-order valence-electron chi connectivity index (χ4n) is 2.49. The van der Waals surface area contributed by atoms with E-state index in [-0.39, 0.29) is 0 Å². The predicted octanol–water partition coefficient (Wildman–Crippen LogP) is 5.24. The van der Waals surface area contributed by atoms with Crippen LogP contribution in [0.3, 0.4) is 0 Å². The second-order valence-electron chi connectivity index (χ2n) is 5.49. The number of rotatable bonds is 5. The van der Waals surface area contributed by atoms with Crippen molar-refractivity contribution in [2.24, 2.45) is 5.92 Å². The van der Waals surface area contributed by atoms with Crippen molar-refractivity contribution in [1.29, 1.82) is 0 Å². The number of aryl methyl sites for hydroxylation is 1. The molecule has 21 heavy (non-hydrogen) atoms. The molecule has 0 saturated heterocycles. The number of aromatic nitrogens is 1. The minimum atomic E-state index is 0.440. The lowest BCUT2D eigenvalue weighted by Gasteiger charge is -2.12. The first-order valence-electron chi connectivity index (χ1n) is 7.20. The molecule has 1 aromatic heterocycles. The van der Waals surface area contributed by atoms with Gasteiger partial charge in [0.25, 0.3) is 0 Å². The summed E-state index contributed by atoms with van der Waals surface area (Å²) >= 11 is 7.96. The Balaban J connectivity index is 1.73. The fourth-order valence-corrected chi connectivity index (χ4v) is 3.79. The van der Waals surface area contributed by atoms with Crippen molar-refractivity contribution in [3.63, 3.8) is 0 Å². The molecule has 1 unspecified atom stereocenters. The molecule has 0 N–H and O–H groups in total. The zero-order valence-electron chi connectivity index (χ0n) is 12.1. The minimum Gasteiger partial charge on any atom is -0.241 e. The summed E-state index contributed by atoms with van der Waals surface area (Å²) in [5.74, 6) is 1.11. The minimum absolute atomic E-state index is 0.440. The van der Waals surface area contributed by atoms with Gasteiger partial charge in [0.2, 0.25) is 0 Å². The Bertz CT molecular complexity index is 684. The summed E-state index contributed by atoms with van der Waals surface area (Å²) in [6.45, 7) is 2.12. The van der Waals surface area contributed by atoms with E-state index in [0.717, 1.165) is 18.4 Å². The standard InChI is InChI=1S/C18H18ClNS/c1-13-6-8-14(9-7-13)10-15(12-19)11-18-20-16-4-2-3-5-17(16)21-18/h2-9,15H,10-12H2,1H3. The Labute approximate surface area is 134 Å². The Hall–Kier alpha value is -1.38. The lowest BCUT2D eigenvalue weighted by molar-refractivity contribution is 0.582. The summed E-state index contributed by atoms with van der Waals surface area (Å²) in [4.78, 5) is 4.72. The van der Waals surface area contributed by atoms with Crippen molar-refractivity contribution < 1.29 is 0 Å². The lowest BCUT2D eigenvalue weighted by atomic mass is 9.97. The summed E-state index contributed by atoms with van der Waals surface area (Å²) in [6.07, 6.45) is 1.97. The molecular formula is C18H18ClNS. The molecule has 3 heteroatoms. The monoisotopic (exact) mass is 315 g/mol. The van der Waals surface area contributed by atoms with Crippen LogP contribution >= 0.6 is 22.9 Å². The van der Waals surface area contributed by atoms with E-state index in [1.807, 2.05) is 6.07 Å². The second-order valence-corrected chi connectivity index (χ2v) is 6.91. The molecule has 1 heterocycles. The largest absolute Gasteiger partial charge is 0.241 e. The number of alkyl halides is 1. The molecule has 0 fully saturated rings. The van der Waals surface area contributed by atoms with E-state index in [2.05, 4.69) is 49.4 Å². The van der Waals surface area contributed by atoms with Crippen molar-refractivity contribution in [2.45, 2.75) is 19.8 Å². The molecule has 108 valence electrons. The van der Waals surface area contributed by atoms with Gasteiger partial charge in [-0.3, -0.25) is 0 Å². The van der Waals surface area contributed by atoms with Gasteiger partial charge < -0.3 is 0 Å². The molecule has 0 aliphatic heterocycles.